The fourth-order valence-electron chi connectivity index (χ4n) is 2.74. The van der Waals surface area contributed by atoms with Gasteiger partial charge in [-0.2, -0.15) is 11.3 Å². The van der Waals surface area contributed by atoms with Gasteiger partial charge in [0.1, 0.15) is 10.7 Å². The Bertz CT molecular complexity index is 759. The Labute approximate surface area is 145 Å². The molecule has 5 nitrogen and oxygen atoms in total. The summed E-state index contributed by atoms with van der Waals surface area (Å²) in [5.41, 5.74) is 1.05. The molecule has 0 saturated carbocycles. The van der Waals surface area contributed by atoms with Crippen LogP contribution >= 0.6 is 11.3 Å². The third kappa shape index (κ3) is 4.01. The Morgan fingerprint density at radius 2 is 2.00 bits per heavy atom. The van der Waals surface area contributed by atoms with Gasteiger partial charge in [0, 0.05) is 25.7 Å². The number of thiophene rings is 1. The Morgan fingerprint density at radius 3 is 2.67 bits per heavy atom. The highest BCUT2D eigenvalue weighted by Crippen LogP contribution is 2.24. The molecule has 1 aliphatic heterocycles. The quantitative estimate of drug-likeness (QED) is 0.847. The molecule has 8 heteroatoms. The van der Waals surface area contributed by atoms with Crippen molar-refractivity contribution in [3.8, 4) is 0 Å². The third-order valence-electron chi connectivity index (χ3n) is 4.01. The summed E-state index contributed by atoms with van der Waals surface area (Å²) in [7, 11) is -3.90. The summed E-state index contributed by atoms with van der Waals surface area (Å²) >= 11 is 1.57. The van der Waals surface area contributed by atoms with E-state index in [0.717, 1.165) is 24.7 Å². The van der Waals surface area contributed by atoms with Crippen molar-refractivity contribution in [3.05, 3.63) is 52.5 Å². The van der Waals surface area contributed by atoms with Crippen LogP contribution in [-0.4, -0.2) is 46.2 Å². The number of halogens is 1. The summed E-state index contributed by atoms with van der Waals surface area (Å²) in [6.45, 7) is 2.92. The molecule has 1 fully saturated rings. The van der Waals surface area contributed by atoms with E-state index in [9.17, 15) is 12.8 Å². The van der Waals surface area contributed by atoms with Crippen LogP contribution < -0.4 is 4.72 Å². The summed E-state index contributed by atoms with van der Waals surface area (Å²) < 4.78 is 46.6. The molecule has 3 rings (SSSR count). The van der Waals surface area contributed by atoms with Gasteiger partial charge in [-0.1, -0.05) is 12.1 Å². The van der Waals surface area contributed by atoms with Gasteiger partial charge in [0.15, 0.2) is 0 Å². The van der Waals surface area contributed by atoms with E-state index in [1.54, 1.807) is 11.3 Å². The van der Waals surface area contributed by atoms with Gasteiger partial charge in [-0.15, -0.1) is 0 Å². The standard InChI is InChI=1S/C16H19FN2O3S2/c17-14-3-1-2-4-16(14)24(20,21)18-11-15(13-5-10-23-12-13)19-6-8-22-9-7-19/h1-5,10,12,15,18H,6-9,11H2/t15-/m0/s1. The molecule has 0 radical (unpaired) electrons. The Morgan fingerprint density at radius 1 is 1.25 bits per heavy atom. The number of sulfonamides is 1. The highest BCUT2D eigenvalue weighted by molar-refractivity contribution is 7.89. The first-order valence-corrected chi connectivity index (χ1v) is 10.1. The van der Waals surface area contributed by atoms with Crippen molar-refractivity contribution in [2.75, 3.05) is 32.8 Å². The minimum atomic E-state index is -3.90. The summed E-state index contributed by atoms with van der Waals surface area (Å²) in [4.78, 5) is 1.87. The Hall–Kier alpha value is -1.32. The number of nitrogens with zero attached hydrogens (tertiary/aromatic N) is 1. The van der Waals surface area contributed by atoms with Gasteiger partial charge >= 0.3 is 0 Å². The molecule has 0 bridgehead atoms. The first kappa shape index (κ1) is 17.5. The highest BCUT2D eigenvalue weighted by atomic mass is 32.2. The van der Waals surface area contributed by atoms with Crippen molar-refractivity contribution in [2.45, 2.75) is 10.9 Å². The van der Waals surface area contributed by atoms with E-state index in [0.29, 0.717) is 13.2 Å². The second-order valence-corrected chi connectivity index (χ2v) is 8.02. The number of nitrogens with one attached hydrogen (secondary N) is 1. The van der Waals surface area contributed by atoms with Gasteiger partial charge in [-0.25, -0.2) is 17.5 Å². The normalized spacial score (nSPS) is 17.7. The van der Waals surface area contributed by atoms with E-state index >= 15 is 0 Å². The predicted molar refractivity (Wildman–Crippen MR) is 91.0 cm³/mol. The van der Waals surface area contributed by atoms with E-state index in [-0.39, 0.29) is 17.5 Å². The topological polar surface area (TPSA) is 58.6 Å². The molecule has 1 atom stereocenters. The van der Waals surface area contributed by atoms with E-state index < -0.39 is 15.8 Å². The SMILES string of the molecule is O=S(=O)(NC[C@@H](c1ccsc1)N1CCOCC1)c1ccccc1F. The van der Waals surface area contributed by atoms with Gasteiger partial charge in [0.05, 0.1) is 13.2 Å². The Balaban J connectivity index is 1.77. The van der Waals surface area contributed by atoms with E-state index in [4.69, 9.17) is 4.74 Å². The van der Waals surface area contributed by atoms with Gasteiger partial charge in [0.25, 0.3) is 0 Å². The maximum atomic E-state index is 13.8. The van der Waals surface area contributed by atoms with Crippen molar-refractivity contribution in [1.29, 1.82) is 0 Å². The Kier molecular flexibility index (Phi) is 5.62. The molecular weight excluding hydrogens is 351 g/mol. The molecule has 1 aromatic carbocycles. The molecule has 1 aromatic heterocycles. The minimum Gasteiger partial charge on any atom is -0.379 e. The smallest absolute Gasteiger partial charge is 0.243 e. The highest BCUT2D eigenvalue weighted by Gasteiger charge is 2.26. The van der Waals surface area contributed by atoms with Crippen molar-refractivity contribution < 1.29 is 17.5 Å². The lowest BCUT2D eigenvalue weighted by molar-refractivity contribution is 0.0173. The zero-order chi connectivity index (χ0) is 17.0. The van der Waals surface area contributed by atoms with Crippen LogP contribution in [0.15, 0.2) is 46.0 Å². The van der Waals surface area contributed by atoms with Crippen LogP contribution in [0.1, 0.15) is 11.6 Å². The lowest BCUT2D eigenvalue weighted by Crippen LogP contribution is -2.43. The van der Waals surface area contributed by atoms with Crippen molar-refractivity contribution in [3.63, 3.8) is 0 Å². The molecule has 0 aliphatic carbocycles. The van der Waals surface area contributed by atoms with Gasteiger partial charge in [0.2, 0.25) is 10.0 Å². The first-order chi connectivity index (χ1) is 11.6. The average Bonchev–Trinajstić information content (AvgIpc) is 3.10. The van der Waals surface area contributed by atoms with Crippen LogP contribution in [0.3, 0.4) is 0 Å². The largest absolute Gasteiger partial charge is 0.379 e. The molecule has 1 saturated heterocycles. The number of rotatable bonds is 6. The summed E-state index contributed by atoms with van der Waals surface area (Å²) in [6, 6.07) is 7.29. The molecule has 1 N–H and O–H groups in total. The van der Waals surface area contributed by atoms with Crippen molar-refractivity contribution in [1.82, 2.24) is 9.62 Å². The first-order valence-electron chi connectivity index (χ1n) is 7.66. The fourth-order valence-corrected chi connectivity index (χ4v) is 4.56. The fraction of sp³-hybridized carbons (Fsp3) is 0.375. The van der Waals surface area contributed by atoms with Crippen LogP contribution in [0.4, 0.5) is 4.39 Å². The second-order valence-electron chi connectivity index (χ2n) is 5.50. The summed E-state index contributed by atoms with van der Waals surface area (Å²) in [6.07, 6.45) is 0. The van der Waals surface area contributed by atoms with E-state index in [2.05, 4.69) is 9.62 Å². The molecule has 0 unspecified atom stereocenters. The molecule has 0 amide bonds. The van der Waals surface area contributed by atoms with E-state index in [1.165, 1.54) is 18.2 Å². The van der Waals surface area contributed by atoms with Crippen LogP contribution in [0.5, 0.6) is 0 Å². The molecule has 2 aromatic rings. The lowest BCUT2D eigenvalue weighted by Gasteiger charge is -2.34. The summed E-state index contributed by atoms with van der Waals surface area (Å²) in [5.74, 6) is -0.747. The molecule has 2 heterocycles. The van der Waals surface area contributed by atoms with Crippen LogP contribution in [0, 0.1) is 5.82 Å². The van der Waals surface area contributed by atoms with Crippen LogP contribution in [0.2, 0.25) is 0 Å². The zero-order valence-electron chi connectivity index (χ0n) is 13.0. The number of hydrogen-bond donors (Lipinski definition) is 1. The second kappa shape index (κ2) is 7.71. The van der Waals surface area contributed by atoms with Gasteiger partial charge in [-0.3, -0.25) is 4.90 Å². The minimum absolute atomic E-state index is 0.0956. The maximum absolute atomic E-state index is 13.8. The number of morpholine rings is 1. The molecular formula is C16H19FN2O3S2. The van der Waals surface area contributed by atoms with Crippen molar-refractivity contribution in [2.24, 2.45) is 0 Å². The molecule has 130 valence electrons. The number of hydrogen-bond acceptors (Lipinski definition) is 5. The maximum Gasteiger partial charge on any atom is 0.243 e. The number of ether oxygens (including phenoxy) is 1. The average molecular weight is 370 g/mol. The van der Waals surface area contributed by atoms with Gasteiger partial charge in [-0.05, 0) is 34.5 Å². The predicted octanol–water partition coefficient (Wildman–Crippen LogP) is 2.24. The summed E-state index contributed by atoms with van der Waals surface area (Å²) in [5, 5.41) is 3.98. The number of benzene rings is 1. The van der Waals surface area contributed by atoms with Crippen molar-refractivity contribution >= 4 is 21.4 Å². The third-order valence-corrected chi connectivity index (χ3v) is 6.17. The monoisotopic (exact) mass is 370 g/mol. The van der Waals surface area contributed by atoms with Gasteiger partial charge < -0.3 is 4.74 Å². The molecule has 24 heavy (non-hydrogen) atoms. The molecule has 0 spiro atoms. The molecule has 1 aliphatic rings. The van der Waals surface area contributed by atoms with Crippen LogP contribution in [0.25, 0.3) is 0 Å². The van der Waals surface area contributed by atoms with E-state index in [1.807, 2.05) is 16.8 Å². The zero-order valence-corrected chi connectivity index (χ0v) is 14.7. The lowest BCUT2D eigenvalue weighted by atomic mass is 10.1. The van der Waals surface area contributed by atoms with Crippen LogP contribution in [-0.2, 0) is 14.8 Å².